The van der Waals surface area contributed by atoms with E-state index in [1.807, 2.05) is 6.07 Å². The number of fused-ring (bicyclic) bond motifs is 2. The van der Waals surface area contributed by atoms with E-state index in [2.05, 4.69) is 27.2 Å². The van der Waals surface area contributed by atoms with Crippen LogP contribution in [0.25, 0.3) is 10.9 Å². The SMILES string of the molecule is C=CC(=O)NCC1COc2cc3ncnc(Nc4ccc(Cl)c(Cl)c4F)c3cc21. The number of benzene rings is 2. The van der Waals surface area contributed by atoms with Crippen molar-refractivity contribution in [2.75, 3.05) is 18.5 Å². The Bertz CT molecular complexity index is 1140. The first kappa shape index (κ1) is 19.4. The van der Waals surface area contributed by atoms with Crippen LogP contribution in [0.3, 0.4) is 0 Å². The summed E-state index contributed by atoms with van der Waals surface area (Å²) in [5.74, 6) is 0.158. The molecule has 3 aromatic rings. The van der Waals surface area contributed by atoms with Gasteiger partial charge in [-0.15, -0.1) is 0 Å². The van der Waals surface area contributed by atoms with E-state index < -0.39 is 5.82 Å². The number of nitrogens with one attached hydrogen (secondary N) is 2. The number of carbonyl (C=O) groups is 1. The number of amides is 1. The van der Waals surface area contributed by atoms with Crippen LogP contribution >= 0.6 is 23.2 Å². The minimum absolute atomic E-state index is 0.0342. The normalized spacial score (nSPS) is 14.9. The van der Waals surface area contributed by atoms with Gasteiger partial charge in [-0.1, -0.05) is 29.8 Å². The molecule has 1 aliphatic rings. The Morgan fingerprint density at radius 3 is 2.97 bits per heavy atom. The van der Waals surface area contributed by atoms with E-state index in [-0.39, 0.29) is 27.6 Å². The highest BCUT2D eigenvalue weighted by atomic mass is 35.5. The summed E-state index contributed by atoms with van der Waals surface area (Å²) in [5, 5.41) is 6.38. The molecule has 148 valence electrons. The van der Waals surface area contributed by atoms with E-state index in [1.54, 1.807) is 6.07 Å². The van der Waals surface area contributed by atoms with Crippen LogP contribution in [0, 0.1) is 5.82 Å². The zero-order valence-corrected chi connectivity index (χ0v) is 16.5. The standard InChI is InChI=1S/C20H15Cl2FN4O2/c1-2-17(28)24-7-10-8-29-16-6-15-12(5-11(10)16)20(26-9-25-15)27-14-4-3-13(21)18(22)19(14)23/h2-6,9-10H,1,7-8H2,(H,24,28)(H,25,26,27). The fourth-order valence-corrected chi connectivity index (χ4v) is 3.45. The van der Waals surface area contributed by atoms with Crippen molar-refractivity contribution in [3.8, 4) is 5.75 Å². The maximum absolute atomic E-state index is 14.4. The molecule has 9 heteroatoms. The molecule has 1 aromatic heterocycles. The van der Waals surface area contributed by atoms with Crippen LogP contribution in [0.15, 0.2) is 43.2 Å². The van der Waals surface area contributed by atoms with Crippen molar-refractivity contribution in [2.24, 2.45) is 0 Å². The lowest BCUT2D eigenvalue weighted by Gasteiger charge is -2.13. The molecule has 1 amide bonds. The van der Waals surface area contributed by atoms with Gasteiger partial charge in [-0.05, 0) is 24.3 Å². The third-order valence-corrected chi connectivity index (χ3v) is 5.42. The highest BCUT2D eigenvalue weighted by Crippen LogP contribution is 2.39. The summed E-state index contributed by atoms with van der Waals surface area (Å²) < 4.78 is 20.2. The number of ether oxygens (including phenoxy) is 1. The van der Waals surface area contributed by atoms with Crippen molar-refractivity contribution in [1.82, 2.24) is 15.3 Å². The van der Waals surface area contributed by atoms with Gasteiger partial charge in [0, 0.05) is 29.5 Å². The molecule has 2 aromatic carbocycles. The predicted molar refractivity (Wildman–Crippen MR) is 111 cm³/mol. The van der Waals surface area contributed by atoms with Crippen molar-refractivity contribution in [2.45, 2.75) is 5.92 Å². The smallest absolute Gasteiger partial charge is 0.243 e. The van der Waals surface area contributed by atoms with Crippen LogP contribution < -0.4 is 15.4 Å². The van der Waals surface area contributed by atoms with Crippen molar-refractivity contribution >= 4 is 51.5 Å². The van der Waals surface area contributed by atoms with Gasteiger partial charge in [-0.2, -0.15) is 0 Å². The highest BCUT2D eigenvalue weighted by Gasteiger charge is 2.26. The first-order valence-electron chi connectivity index (χ1n) is 8.70. The minimum atomic E-state index is -0.666. The van der Waals surface area contributed by atoms with Gasteiger partial charge >= 0.3 is 0 Å². The lowest BCUT2D eigenvalue weighted by Crippen LogP contribution is -2.27. The average molecular weight is 433 g/mol. The Balaban J connectivity index is 1.71. The van der Waals surface area contributed by atoms with Gasteiger partial charge < -0.3 is 15.4 Å². The molecule has 0 saturated heterocycles. The van der Waals surface area contributed by atoms with Crippen LogP contribution in [0.4, 0.5) is 15.9 Å². The van der Waals surface area contributed by atoms with E-state index in [0.29, 0.717) is 35.6 Å². The Morgan fingerprint density at radius 2 is 2.17 bits per heavy atom. The Morgan fingerprint density at radius 1 is 1.34 bits per heavy atom. The molecule has 0 spiro atoms. The van der Waals surface area contributed by atoms with E-state index in [1.165, 1.54) is 24.5 Å². The van der Waals surface area contributed by atoms with E-state index in [0.717, 1.165) is 5.56 Å². The molecule has 4 rings (SSSR count). The number of hydrogen-bond donors (Lipinski definition) is 2. The summed E-state index contributed by atoms with van der Waals surface area (Å²) in [4.78, 5) is 20.0. The fourth-order valence-electron chi connectivity index (χ4n) is 3.14. The van der Waals surface area contributed by atoms with Gasteiger partial charge in [0.15, 0.2) is 5.82 Å². The molecule has 0 saturated carbocycles. The fraction of sp³-hybridized carbons (Fsp3) is 0.150. The average Bonchev–Trinajstić information content (AvgIpc) is 3.13. The summed E-state index contributed by atoms with van der Waals surface area (Å²) in [7, 11) is 0. The topological polar surface area (TPSA) is 76.1 Å². The number of carbonyl (C=O) groups excluding carboxylic acids is 1. The van der Waals surface area contributed by atoms with Crippen LogP contribution in [0.2, 0.25) is 10.0 Å². The lowest BCUT2D eigenvalue weighted by atomic mass is 9.99. The molecule has 2 N–H and O–H groups in total. The van der Waals surface area contributed by atoms with E-state index in [9.17, 15) is 9.18 Å². The minimum Gasteiger partial charge on any atom is -0.493 e. The van der Waals surface area contributed by atoms with Crippen molar-refractivity contribution in [1.29, 1.82) is 0 Å². The summed E-state index contributed by atoms with van der Waals surface area (Å²) in [6.07, 6.45) is 2.60. The first-order chi connectivity index (χ1) is 14.0. The van der Waals surface area contributed by atoms with Gasteiger partial charge in [0.25, 0.3) is 0 Å². The second-order valence-corrected chi connectivity index (χ2v) is 7.22. The molecule has 0 aliphatic carbocycles. The van der Waals surface area contributed by atoms with Gasteiger partial charge in [0.05, 0.1) is 27.9 Å². The largest absolute Gasteiger partial charge is 0.493 e. The third-order valence-electron chi connectivity index (χ3n) is 4.64. The molecular weight excluding hydrogens is 418 g/mol. The molecule has 29 heavy (non-hydrogen) atoms. The van der Waals surface area contributed by atoms with Crippen LogP contribution in [0.1, 0.15) is 11.5 Å². The monoisotopic (exact) mass is 432 g/mol. The Labute approximate surface area is 175 Å². The van der Waals surface area contributed by atoms with Crippen molar-refractivity contribution < 1.29 is 13.9 Å². The summed E-state index contributed by atoms with van der Waals surface area (Å²) >= 11 is 11.7. The lowest BCUT2D eigenvalue weighted by molar-refractivity contribution is -0.116. The predicted octanol–water partition coefficient (Wildman–Crippen LogP) is 4.60. The summed E-state index contributed by atoms with van der Waals surface area (Å²) in [6, 6.07) is 6.68. The van der Waals surface area contributed by atoms with Gasteiger partial charge in [0.1, 0.15) is 17.9 Å². The molecule has 0 bridgehead atoms. The summed E-state index contributed by atoms with van der Waals surface area (Å²) in [6.45, 7) is 4.28. The summed E-state index contributed by atoms with van der Waals surface area (Å²) in [5.41, 5.74) is 1.69. The number of rotatable bonds is 5. The molecule has 2 heterocycles. The Hall–Kier alpha value is -2.90. The van der Waals surface area contributed by atoms with Gasteiger partial charge in [-0.25, -0.2) is 14.4 Å². The van der Waals surface area contributed by atoms with Gasteiger partial charge in [-0.3, -0.25) is 4.79 Å². The molecule has 1 aliphatic heterocycles. The van der Waals surface area contributed by atoms with E-state index >= 15 is 0 Å². The molecule has 1 unspecified atom stereocenters. The number of halogens is 3. The second-order valence-electron chi connectivity index (χ2n) is 6.43. The van der Waals surface area contributed by atoms with Crippen molar-refractivity contribution in [3.05, 3.63) is 64.7 Å². The van der Waals surface area contributed by atoms with Crippen LogP contribution in [-0.4, -0.2) is 29.0 Å². The first-order valence-corrected chi connectivity index (χ1v) is 9.45. The zero-order valence-electron chi connectivity index (χ0n) is 15.0. The molecule has 0 radical (unpaired) electrons. The molecular formula is C20H15Cl2FN4O2. The number of nitrogens with zero attached hydrogens (tertiary/aromatic N) is 2. The number of anilines is 2. The zero-order chi connectivity index (χ0) is 20.5. The van der Waals surface area contributed by atoms with Crippen LogP contribution in [-0.2, 0) is 4.79 Å². The molecule has 0 fully saturated rings. The maximum Gasteiger partial charge on any atom is 0.243 e. The van der Waals surface area contributed by atoms with Gasteiger partial charge in [0.2, 0.25) is 5.91 Å². The number of aromatic nitrogens is 2. The maximum atomic E-state index is 14.4. The highest BCUT2D eigenvalue weighted by molar-refractivity contribution is 6.42. The Kier molecular flexibility index (Phi) is 5.25. The quantitative estimate of drug-likeness (QED) is 0.455. The number of hydrogen-bond acceptors (Lipinski definition) is 5. The second kappa shape index (κ2) is 7.85. The molecule has 6 nitrogen and oxygen atoms in total. The van der Waals surface area contributed by atoms with Crippen LogP contribution in [0.5, 0.6) is 5.75 Å². The molecule has 1 atom stereocenters. The van der Waals surface area contributed by atoms with E-state index in [4.69, 9.17) is 27.9 Å². The van der Waals surface area contributed by atoms with Crippen molar-refractivity contribution in [3.63, 3.8) is 0 Å². The third kappa shape index (κ3) is 3.71.